The molecule has 0 atom stereocenters. The number of carboxylic acids is 1. The average molecular weight is 227 g/mol. The van der Waals surface area contributed by atoms with Crippen molar-refractivity contribution in [2.45, 2.75) is 52.4 Å². The Labute approximate surface area is 99.1 Å². The fourth-order valence-corrected chi connectivity index (χ4v) is 1.89. The molecule has 0 aromatic carbocycles. The van der Waals surface area contributed by atoms with E-state index in [1.165, 1.54) is 19.3 Å². The first-order valence-electron chi connectivity index (χ1n) is 6.17. The molecule has 0 heterocycles. The van der Waals surface area contributed by atoms with Crippen LogP contribution in [0.25, 0.3) is 0 Å². The first-order chi connectivity index (χ1) is 7.54. The molecule has 0 unspecified atom stereocenters. The van der Waals surface area contributed by atoms with Gasteiger partial charge >= 0.3 is 5.97 Å². The third-order valence-electron chi connectivity index (χ3n) is 2.74. The Morgan fingerprint density at radius 1 is 1.12 bits per heavy atom. The minimum Gasteiger partial charge on any atom is -0.477 e. The van der Waals surface area contributed by atoms with Crippen molar-refractivity contribution in [2.75, 3.05) is 14.1 Å². The fourth-order valence-electron chi connectivity index (χ4n) is 1.89. The Morgan fingerprint density at radius 3 is 2.12 bits per heavy atom. The van der Waals surface area contributed by atoms with E-state index in [2.05, 4.69) is 6.92 Å². The molecular weight excluding hydrogens is 202 g/mol. The number of carboxylic acid groups (broad SMARTS) is 1. The van der Waals surface area contributed by atoms with E-state index >= 15 is 0 Å². The van der Waals surface area contributed by atoms with Crippen LogP contribution >= 0.6 is 0 Å². The minimum absolute atomic E-state index is 0.471. The standard InChI is InChI=1S/C13H25NO2/c1-5-7-8-9-10-11(6-2)12(13(15)16)14(3)4/h5-10H2,1-4H3,(H,15,16)/b12-11-. The second-order valence-corrected chi connectivity index (χ2v) is 4.32. The molecule has 0 aliphatic rings. The molecule has 1 N–H and O–H groups in total. The lowest BCUT2D eigenvalue weighted by molar-refractivity contribution is -0.134. The molecule has 0 aliphatic heterocycles. The van der Waals surface area contributed by atoms with Crippen molar-refractivity contribution in [3.8, 4) is 0 Å². The maximum absolute atomic E-state index is 11.1. The molecule has 0 radical (unpaired) electrons. The monoisotopic (exact) mass is 227 g/mol. The number of nitrogens with zero attached hydrogens (tertiary/aromatic N) is 1. The van der Waals surface area contributed by atoms with Gasteiger partial charge in [0, 0.05) is 14.1 Å². The summed E-state index contributed by atoms with van der Waals surface area (Å²) in [4.78, 5) is 12.8. The lowest BCUT2D eigenvalue weighted by Gasteiger charge is -2.18. The van der Waals surface area contributed by atoms with Crippen molar-refractivity contribution in [1.82, 2.24) is 4.90 Å². The minimum atomic E-state index is -0.808. The Hall–Kier alpha value is -0.990. The molecule has 0 spiro atoms. The van der Waals surface area contributed by atoms with Crippen LogP contribution in [0.2, 0.25) is 0 Å². The van der Waals surface area contributed by atoms with E-state index in [0.29, 0.717) is 5.70 Å². The van der Waals surface area contributed by atoms with E-state index in [4.69, 9.17) is 5.11 Å². The van der Waals surface area contributed by atoms with Gasteiger partial charge in [0.15, 0.2) is 0 Å². The van der Waals surface area contributed by atoms with Gasteiger partial charge in [0.05, 0.1) is 0 Å². The molecule has 0 fully saturated rings. The van der Waals surface area contributed by atoms with Gasteiger partial charge in [-0.25, -0.2) is 4.79 Å². The molecule has 0 saturated carbocycles. The van der Waals surface area contributed by atoms with Crippen LogP contribution in [0, 0.1) is 0 Å². The molecule has 0 bridgehead atoms. The third kappa shape index (κ3) is 5.19. The van der Waals surface area contributed by atoms with Gasteiger partial charge in [0.1, 0.15) is 5.70 Å². The molecule has 0 aromatic heterocycles. The second kappa shape index (κ2) is 8.20. The second-order valence-electron chi connectivity index (χ2n) is 4.32. The van der Waals surface area contributed by atoms with Crippen LogP contribution in [-0.4, -0.2) is 30.1 Å². The summed E-state index contributed by atoms with van der Waals surface area (Å²) in [5, 5.41) is 9.15. The quantitative estimate of drug-likeness (QED) is 0.511. The van der Waals surface area contributed by atoms with E-state index < -0.39 is 5.97 Å². The van der Waals surface area contributed by atoms with Crippen molar-refractivity contribution in [1.29, 1.82) is 0 Å². The number of hydrogen-bond donors (Lipinski definition) is 1. The molecule has 0 rings (SSSR count). The molecule has 0 aromatic rings. The van der Waals surface area contributed by atoms with Gasteiger partial charge in [-0.15, -0.1) is 0 Å². The number of unbranched alkanes of at least 4 members (excludes halogenated alkanes) is 3. The van der Waals surface area contributed by atoms with E-state index in [0.717, 1.165) is 24.8 Å². The Kier molecular flexibility index (Phi) is 7.69. The average Bonchev–Trinajstić information content (AvgIpc) is 2.21. The molecule has 3 heteroatoms. The van der Waals surface area contributed by atoms with Crippen LogP contribution in [0.5, 0.6) is 0 Å². The highest BCUT2D eigenvalue weighted by molar-refractivity contribution is 5.86. The van der Waals surface area contributed by atoms with Gasteiger partial charge in [0.25, 0.3) is 0 Å². The number of carbonyl (C=O) groups is 1. The molecule has 0 amide bonds. The van der Waals surface area contributed by atoms with Crippen LogP contribution < -0.4 is 0 Å². The first kappa shape index (κ1) is 15.0. The number of hydrogen-bond acceptors (Lipinski definition) is 2. The van der Waals surface area contributed by atoms with Gasteiger partial charge < -0.3 is 10.0 Å². The van der Waals surface area contributed by atoms with E-state index in [-0.39, 0.29) is 0 Å². The summed E-state index contributed by atoms with van der Waals surface area (Å²) in [5.41, 5.74) is 1.53. The summed E-state index contributed by atoms with van der Waals surface area (Å²) >= 11 is 0. The number of rotatable bonds is 8. The summed E-state index contributed by atoms with van der Waals surface area (Å²) in [5.74, 6) is -0.808. The Balaban J connectivity index is 4.51. The summed E-state index contributed by atoms with van der Waals surface area (Å²) in [6, 6.07) is 0. The van der Waals surface area contributed by atoms with Crippen LogP contribution in [0.3, 0.4) is 0 Å². The maximum Gasteiger partial charge on any atom is 0.352 e. The lowest BCUT2D eigenvalue weighted by Crippen LogP contribution is -2.21. The van der Waals surface area contributed by atoms with Gasteiger partial charge in [-0.3, -0.25) is 0 Å². The molecule has 0 aliphatic carbocycles. The zero-order valence-corrected chi connectivity index (χ0v) is 11.0. The van der Waals surface area contributed by atoms with Crippen LogP contribution in [0.15, 0.2) is 11.3 Å². The zero-order chi connectivity index (χ0) is 12.6. The normalized spacial score (nSPS) is 12.2. The fraction of sp³-hybridized carbons (Fsp3) is 0.769. The topological polar surface area (TPSA) is 40.5 Å². The SMILES string of the molecule is CCCCCC/C(CC)=C(/C(=O)O)N(C)C. The van der Waals surface area contributed by atoms with Crippen molar-refractivity contribution in [3.63, 3.8) is 0 Å². The van der Waals surface area contributed by atoms with Crippen LogP contribution in [0.1, 0.15) is 52.4 Å². The summed E-state index contributed by atoms with van der Waals surface area (Å²) < 4.78 is 0. The largest absolute Gasteiger partial charge is 0.477 e. The maximum atomic E-state index is 11.1. The number of allylic oxidation sites excluding steroid dienone is 1. The van der Waals surface area contributed by atoms with E-state index in [1.54, 1.807) is 19.0 Å². The first-order valence-corrected chi connectivity index (χ1v) is 6.17. The van der Waals surface area contributed by atoms with Gasteiger partial charge in [-0.1, -0.05) is 33.1 Å². The van der Waals surface area contributed by atoms with Crippen molar-refractivity contribution in [3.05, 3.63) is 11.3 Å². The molecular formula is C13H25NO2. The Bertz CT molecular complexity index is 244. The third-order valence-corrected chi connectivity index (χ3v) is 2.74. The number of aliphatic carboxylic acids is 1. The predicted octanol–water partition coefficient (Wildman–Crippen LogP) is 3.27. The van der Waals surface area contributed by atoms with Crippen molar-refractivity contribution >= 4 is 5.97 Å². The zero-order valence-electron chi connectivity index (χ0n) is 11.0. The highest BCUT2D eigenvalue weighted by Gasteiger charge is 2.14. The number of likely N-dealkylation sites (N-methyl/N-ethyl adjacent to an activating group) is 1. The lowest BCUT2D eigenvalue weighted by atomic mass is 10.0. The summed E-state index contributed by atoms with van der Waals surface area (Å²) in [6.07, 6.45) is 6.48. The van der Waals surface area contributed by atoms with Gasteiger partial charge in [0.2, 0.25) is 0 Å². The molecule has 94 valence electrons. The van der Waals surface area contributed by atoms with Crippen molar-refractivity contribution in [2.24, 2.45) is 0 Å². The Morgan fingerprint density at radius 2 is 1.75 bits per heavy atom. The molecule has 0 saturated heterocycles. The smallest absolute Gasteiger partial charge is 0.352 e. The molecule has 16 heavy (non-hydrogen) atoms. The highest BCUT2D eigenvalue weighted by atomic mass is 16.4. The highest BCUT2D eigenvalue weighted by Crippen LogP contribution is 2.19. The van der Waals surface area contributed by atoms with Gasteiger partial charge in [-0.2, -0.15) is 0 Å². The predicted molar refractivity (Wildman–Crippen MR) is 67.4 cm³/mol. The summed E-state index contributed by atoms with van der Waals surface area (Å²) in [6.45, 7) is 4.21. The van der Waals surface area contributed by atoms with Crippen LogP contribution in [-0.2, 0) is 4.79 Å². The van der Waals surface area contributed by atoms with Crippen LogP contribution in [0.4, 0.5) is 0 Å². The van der Waals surface area contributed by atoms with E-state index in [1.807, 2.05) is 6.92 Å². The van der Waals surface area contributed by atoms with Gasteiger partial charge in [-0.05, 0) is 24.8 Å². The van der Waals surface area contributed by atoms with E-state index in [9.17, 15) is 4.79 Å². The summed E-state index contributed by atoms with van der Waals surface area (Å²) in [7, 11) is 3.59. The van der Waals surface area contributed by atoms with Crippen molar-refractivity contribution < 1.29 is 9.90 Å². The molecule has 3 nitrogen and oxygen atoms in total.